The molecule has 1 fully saturated rings. The summed E-state index contributed by atoms with van der Waals surface area (Å²) in [5.74, 6) is 0.984. The number of rotatable bonds is 3. The Hall–Kier alpha value is -1.15. The summed E-state index contributed by atoms with van der Waals surface area (Å²) < 4.78 is 0. The molecule has 2 rings (SSSR count). The van der Waals surface area contributed by atoms with Crippen LogP contribution >= 0.6 is 0 Å². The molecule has 1 aliphatic rings. The van der Waals surface area contributed by atoms with E-state index < -0.39 is 0 Å². The Morgan fingerprint density at radius 1 is 1.37 bits per heavy atom. The fraction of sp³-hybridized carbons (Fsp3) is 0.588. The molecular weight excluding hydrogens is 234 g/mol. The van der Waals surface area contributed by atoms with Gasteiger partial charge in [0.25, 0.3) is 0 Å². The first-order valence-corrected chi connectivity index (χ1v) is 7.34. The number of Topliss-reactive ketones (excluding diaryl/α,β-unsaturated/α-hetero) is 1. The maximum Gasteiger partial charge on any atom is 0.179 e. The minimum Gasteiger partial charge on any atom is -0.293 e. The smallest absolute Gasteiger partial charge is 0.179 e. The van der Waals surface area contributed by atoms with Crippen molar-refractivity contribution in [2.45, 2.75) is 46.6 Å². The van der Waals surface area contributed by atoms with Crippen molar-refractivity contribution in [3.05, 3.63) is 34.9 Å². The summed E-state index contributed by atoms with van der Waals surface area (Å²) >= 11 is 0. The van der Waals surface area contributed by atoms with Crippen LogP contribution in [0.4, 0.5) is 0 Å². The van der Waals surface area contributed by atoms with Gasteiger partial charge >= 0.3 is 0 Å². The molecule has 2 unspecified atom stereocenters. The maximum atomic E-state index is 12.7. The Bertz CT molecular complexity index is 466. The molecule has 0 bridgehead atoms. The van der Waals surface area contributed by atoms with Crippen LogP contribution in [-0.2, 0) is 0 Å². The van der Waals surface area contributed by atoms with E-state index in [1.165, 1.54) is 12.8 Å². The van der Waals surface area contributed by atoms with Crippen LogP contribution in [0, 0.1) is 19.8 Å². The highest BCUT2D eigenvalue weighted by atomic mass is 16.1. The molecule has 0 saturated carbocycles. The average Bonchev–Trinajstić information content (AvgIpc) is 2.40. The Morgan fingerprint density at radius 2 is 2.11 bits per heavy atom. The van der Waals surface area contributed by atoms with E-state index >= 15 is 0 Å². The zero-order chi connectivity index (χ0) is 14.0. The third-order valence-electron chi connectivity index (χ3n) is 4.27. The first-order valence-electron chi connectivity index (χ1n) is 7.34. The average molecular weight is 259 g/mol. The van der Waals surface area contributed by atoms with Gasteiger partial charge in [-0.1, -0.05) is 24.6 Å². The number of nitrogens with zero attached hydrogens (tertiary/aromatic N) is 1. The maximum absolute atomic E-state index is 12.7. The second-order valence-corrected chi connectivity index (χ2v) is 6.10. The van der Waals surface area contributed by atoms with Crippen molar-refractivity contribution >= 4 is 5.78 Å². The van der Waals surface area contributed by atoms with Gasteiger partial charge in [-0.2, -0.15) is 0 Å². The van der Waals surface area contributed by atoms with Crippen LogP contribution in [0.5, 0.6) is 0 Å². The zero-order valence-electron chi connectivity index (χ0n) is 12.6. The van der Waals surface area contributed by atoms with E-state index in [9.17, 15) is 4.79 Å². The standard InChI is InChI=1S/C17H25NO/c1-12-7-8-14(3)16(10-12)17(19)15(4)18-9-5-6-13(2)11-18/h7-8,10,13,15H,5-6,9,11H2,1-4H3. The Labute approximate surface area is 116 Å². The van der Waals surface area contributed by atoms with Gasteiger partial charge in [0.1, 0.15) is 0 Å². The van der Waals surface area contributed by atoms with Crippen molar-refractivity contribution in [2.24, 2.45) is 5.92 Å². The summed E-state index contributed by atoms with van der Waals surface area (Å²) in [5.41, 5.74) is 3.14. The molecule has 0 aliphatic carbocycles. The number of likely N-dealkylation sites (tertiary alicyclic amines) is 1. The predicted molar refractivity (Wildman–Crippen MR) is 79.7 cm³/mol. The van der Waals surface area contributed by atoms with Crippen molar-refractivity contribution in [3.63, 3.8) is 0 Å². The Kier molecular flexibility index (Phi) is 4.41. The van der Waals surface area contributed by atoms with Gasteiger partial charge in [0.2, 0.25) is 0 Å². The number of benzene rings is 1. The summed E-state index contributed by atoms with van der Waals surface area (Å²) in [6.45, 7) is 10.5. The quantitative estimate of drug-likeness (QED) is 0.773. The van der Waals surface area contributed by atoms with Crippen LogP contribution in [0.25, 0.3) is 0 Å². The predicted octanol–water partition coefficient (Wildman–Crippen LogP) is 3.61. The molecule has 0 radical (unpaired) electrons. The summed E-state index contributed by atoms with van der Waals surface area (Å²) in [5, 5.41) is 0. The second kappa shape index (κ2) is 5.87. The lowest BCUT2D eigenvalue weighted by atomic mass is 9.94. The molecule has 104 valence electrons. The zero-order valence-corrected chi connectivity index (χ0v) is 12.6. The first kappa shape index (κ1) is 14.3. The summed E-state index contributed by atoms with van der Waals surface area (Å²) in [4.78, 5) is 15.0. The molecule has 1 aromatic carbocycles. The second-order valence-electron chi connectivity index (χ2n) is 6.10. The number of carbonyl (C=O) groups is 1. The summed E-state index contributed by atoms with van der Waals surface area (Å²) in [7, 11) is 0. The lowest BCUT2D eigenvalue weighted by Gasteiger charge is -2.35. The van der Waals surface area contributed by atoms with Crippen molar-refractivity contribution < 1.29 is 4.79 Å². The van der Waals surface area contributed by atoms with Crippen molar-refractivity contribution in [3.8, 4) is 0 Å². The molecule has 19 heavy (non-hydrogen) atoms. The van der Waals surface area contributed by atoms with Gasteiger partial charge in [0.05, 0.1) is 6.04 Å². The highest BCUT2D eigenvalue weighted by molar-refractivity contribution is 6.01. The van der Waals surface area contributed by atoms with E-state index in [0.29, 0.717) is 5.92 Å². The molecule has 0 N–H and O–H groups in total. The molecule has 1 aliphatic heterocycles. The highest BCUT2D eigenvalue weighted by Gasteiger charge is 2.26. The molecule has 1 saturated heterocycles. The van der Waals surface area contributed by atoms with Crippen molar-refractivity contribution in [1.29, 1.82) is 0 Å². The number of aryl methyl sites for hydroxylation is 2. The van der Waals surface area contributed by atoms with Crippen LogP contribution in [-0.4, -0.2) is 29.8 Å². The fourth-order valence-corrected chi connectivity index (χ4v) is 2.97. The number of ketones is 1. The molecule has 1 aromatic rings. The lowest BCUT2D eigenvalue weighted by Crippen LogP contribution is -2.44. The van der Waals surface area contributed by atoms with E-state index in [-0.39, 0.29) is 11.8 Å². The van der Waals surface area contributed by atoms with Crippen LogP contribution < -0.4 is 0 Å². The van der Waals surface area contributed by atoms with Crippen LogP contribution in [0.3, 0.4) is 0 Å². The van der Waals surface area contributed by atoms with Gasteiger partial charge in [-0.3, -0.25) is 9.69 Å². The minimum absolute atomic E-state index is 0.00301. The lowest BCUT2D eigenvalue weighted by molar-refractivity contribution is 0.0764. The molecular formula is C17H25NO. The van der Waals surface area contributed by atoms with Gasteiger partial charge in [0.15, 0.2) is 5.78 Å². The molecule has 1 heterocycles. The molecule has 0 aromatic heterocycles. The highest BCUT2D eigenvalue weighted by Crippen LogP contribution is 2.21. The summed E-state index contributed by atoms with van der Waals surface area (Å²) in [6.07, 6.45) is 2.51. The largest absolute Gasteiger partial charge is 0.293 e. The SMILES string of the molecule is Cc1ccc(C)c(C(=O)C(C)N2CCCC(C)C2)c1. The van der Waals surface area contributed by atoms with Gasteiger partial charge < -0.3 is 0 Å². The van der Waals surface area contributed by atoms with Gasteiger partial charge in [0, 0.05) is 12.1 Å². The van der Waals surface area contributed by atoms with E-state index in [2.05, 4.69) is 24.8 Å². The van der Waals surface area contributed by atoms with Gasteiger partial charge in [-0.25, -0.2) is 0 Å². The van der Waals surface area contributed by atoms with Gasteiger partial charge in [-0.05, 0) is 57.7 Å². The first-order chi connectivity index (χ1) is 8.99. The molecule has 2 nitrogen and oxygen atoms in total. The topological polar surface area (TPSA) is 20.3 Å². The molecule has 0 spiro atoms. The molecule has 2 heteroatoms. The van der Waals surface area contributed by atoms with E-state index in [4.69, 9.17) is 0 Å². The summed E-state index contributed by atoms with van der Waals surface area (Å²) in [6, 6.07) is 6.15. The van der Waals surface area contributed by atoms with E-state index in [1.807, 2.05) is 26.0 Å². The minimum atomic E-state index is 0.00301. The fourth-order valence-electron chi connectivity index (χ4n) is 2.97. The number of piperidine rings is 1. The molecule has 2 atom stereocenters. The third kappa shape index (κ3) is 3.24. The van der Waals surface area contributed by atoms with Crippen LogP contribution in [0.2, 0.25) is 0 Å². The van der Waals surface area contributed by atoms with Crippen molar-refractivity contribution in [2.75, 3.05) is 13.1 Å². The number of hydrogen-bond acceptors (Lipinski definition) is 2. The van der Waals surface area contributed by atoms with E-state index in [0.717, 1.165) is 29.8 Å². The van der Waals surface area contributed by atoms with Gasteiger partial charge in [-0.15, -0.1) is 0 Å². The third-order valence-corrected chi connectivity index (χ3v) is 4.27. The normalized spacial score (nSPS) is 22.2. The van der Waals surface area contributed by atoms with Crippen LogP contribution in [0.1, 0.15) is 48.2 Å². The number of hydrogen-bond donors (Lipinski definition) is 0. The van der Waals surface area contributed by atoms with E-state index in [1.54, 1.807) is 0 Å². The van der Waals surface area contributed by atoms with Crippen LogP contribution in [0.15, 0.2) is 18.2 Å². The Morgan fingerprint density at radius 3 is 2.79 bits per heavy atom. The monoisotopic (exact) mass is 259 g/mol. The number of carbonyl (C=O) groups excluding carboxylic acids is 1. The van der Waals surface area contributed by atoms with Crippen molar-refractivity contribution in [1.82, 2.24) is 4.90 Å². The molecule has 0 amide bonds. The Balaban J connectivity index is 2.16.